The topological polar surface area (TPSA) is 49.3 Å². The molecule has 3 rings (SSSR count). The third kappa shape index (κ3) is 5.43. The zero-order chi connectivity index (χ0) is 20.6. The number of hydrogen-bond acceptors (Lipinski definition) is 3. The zero-order valence-corrected chi connectivity index (χ0v) is 16.8. The van der Waals surface area contributed by atoms with Gasteiger partial charge in [0.2, 0.25) is 0 Å². The Balaban J connectivity index is 1.90. The van der Waals surface area contributed by atoms with Crippen LogP contribution in [0, 0.1) is 5.92 Å². The minimum Gasteiger partial charge on any atom is -0.388 e. The van der Waals surface area contributed by atoms with E-state index in [1.807, 2.05) is 85.8 Å². The Kier molecular flexibility index (Phi) is 6.99. The number of hydrogen-bond donors (Lipinski definition) is 2. The van der Waals surface area contributed by atoms with Crippen LogP contribution in [0.5, 0.6) is 0 Å². The van der Waals surface area contributed by atoms with Crippen molar-refractivity contribution < 1.29 is 9.90 Å². The van der Waals surface area contributed by atoms with Crippen LogP contribution in [0.1, 0.15) is 47.5 Å². The highest BCUT2D eigenvalue weighted by atomic mass is 16.3. The molecule has 0 saturated carbocycles. The summed E-state index contributed by atoms with van der Waals surface area (Å²) in [7, 11) is 0. The van der Waals surface area contributed by atoms with Crippen molar-refractivity contribution in [1.29, 1.82) is 0 Å². The summed E-state index contributed by atoms with van der Waals surface area (Å²) >= 11 is 0. The van der Waals surface area contributed by atoms with Gasteiger partial charge in [-0.15, -0.1) is 0 Å². The lowest BCUT2D eigenvalue weighted by atomic mass is 9.92. The van der Waals surface area contributed by atoms with E-state index in [-0.39, 0.29) is 17.7 Å². The fourth-order valence-corrected chi connectivity index (χ4v) is 3.32. The van der Waals surface area contributed by atoms with E-state index in [0.29, 0.717) is 11.3 Å². The lowest BCUT2D eigenvalue weighted by Gasteiger charge is -2.26. The van der Waals surface area contributed by atoms with Crippen molar-refractivity contribution in [2.45, 2.75) is 26.0 Å². The Morgan fingerprint density at radius 2 is 1.28 bits per heavy atom. The van der Waals surface area contributed by atoms with Gasteiger partial charge >= 0.3 is 0 Å². The van der Waals surface area contributed by atoms with Crippen molar-refractivity contribution in [3.8, 4) is 0 Å². The van der Waals surface area contributed by atoms with E-state index in [9.17, 15) is 9.90 Å². The molecule has 148 valence electrons. The molecule has 0 unspecified atom stereocenters. The summed E-state index contributed by atoms with van der Waals surface area (Å²) in [5.74, 6) is -0.364. The van der Waals surface area contributed by atoms with E-state index in [0.717, 1.165) is 11.1 Å². The van der Waals surface area contributed by atoms with Gasteiger partial charge in [0.25, 0.3) is 0 Å². The first-order valence-corrected chi connectivity index (χ1v) is 9.91. The first-order valence-electron chi connectivity index (χ1n) is 9.91. The van der Waals surface area contributed by atoms with Crippen molar-refractivity contribution in [2.24, 2.45) is 5.92 Å². The zero-order valence-electron chi connectivity index (χ0n) is 16.8. The van der Waals surface area contributed by atoms with Crippen LogP contribution in [-0.2, 0) is 0 Å². The third-order valence-corrected chi connectivity index (χ3v) is 5.13. The predicted molar refractivity (Wildman–Crippen MR) is 117 cm³/mol. The van der Waals surface area contributed by atoms with Gasteiger partial charge in [-0.2, -0.15) is 0 Å². The normalized spacial score (nSPS) is 14.7. The standard InChI is InChI=1S/C26H27NO2/c1-19(26(29)23-16-10-5-11-17-23)24(18-25(28)22-14-8-4-9-15-22)27-20(2)21-12-6-3-7-13-21/h3-20,26-27,29H,1-2H3/b24-18+/t19-,20+,26-/m0/s1. The van der Waals surface area contributed by atoms with Crippen LogP contribution in [-0.4, -0.2) is 10.9 Å². The van der Waals surface area contributed by atoms with Crippen LogP contribution >= 0.6 is 0 Å². The molecule has 0 saturated heterocycles. The molecule has 0 radical (unpaired) electrons. The molecule has 3 aromatic carbocycles. The van der Waals surface area contributed by atoms with Crippen molar-refractivity contribution >= 4 is 5.78 Å². The Labute approximate surface area is 172 Å². The maximum absolute atomic E-state index is 12.8. The number of allylic oxidation sites excluding steroid dienone is 1. The lowest BCUT2D eigenvalue weighted by molar-refractivity contribution is 0.103. The minimum absolute atomic E-state index is 0.00329. The van der Waals surface area contributed by atoms with E-state index in [4.69, 9.17) is 0 Å². The predicted octanol–water partition coefficient (Wildman–Crippen LogP) is 5.47. The average molecular weight is 386 g/mol. The lowest BCUT2D eigenvalue weighted by Crippen LogP contribution is -2.26. The highest BCUT2D eigenvalue weighted by molar-refractivity contribution is 6.04. The molecule has 3 heteroatoms. The van der Waals surface area contributed by atoms with Gasteiger partial charge in [-0.05, 0) is 18.1 Å². The Morgan fingerprint density at radius 1 is 0.793 bits per heavy atom. The minimum atomic E-state index is -0.721. The molecular formula is C26H27NO2. The number of aliphatic hydroxyl groups excluding tert-OH is 1. The van der Waals surface area contributed by atoms with Gasteiger partial charge in [0.15, 0.2) is 5.78 Å². The van der Waals surface area contributed by atoms with Crippen molar-refractivity contribution in [2.75, 3.05) is 0 Å². The summed E-state index contributed by atoms with van der Waals surface area (Å²) in [6.07, 6.45) is 0.896. The van der Waals surface area contributed by atoms with E-state index >= 15 is 0 Å². The Bertz CT molecular complexity index is 936. The monoisotopic (exact) mass is 385 g/mol. The summed E-state index contributed by atoms with van der Waals surface area (Å²) in [4.78, 5) is 12.8. The average Bonchev–Trinajstić information content (AvgIpc) is 2.79. The maximum atomic E-state index is 12.8. The van der Waals surface area contributed by atoms with Crippen LogP contribution in [0.25, 0.3) is 0 Å². The van der Waals surface area contributed by atoms with Crippen LogP contribution in [0.15, 0.2) is 103 Å². The highest BCUT2D eigenvalue weighted by Crippen LogP contribution is 2.28. The van der Waals surface area contributed by atoms with Gasteiger partial charge in [0.05, 0.1) is 6.10 Å². The molecule has 0 aliphatic carbocycles. The number of rotatable bonds is 8. The highest BCUT2D eigenvalue weighted by Gasteiger charge is 2.23. The van der Waals surface area contributed by atoms with Crippen LogP contribution in [0.3, 0.4) is 0 Å². The third-order valence-electron chi connectivity index (χ3n) is 5.13. The fourth-order valence-electron chi connectivity index (χ4n) is 3.32. The summed E-state index contributed by atoms with van der Waals surface area (Å²) < 4.78 is 0. The van der Waals surface area contributed by atoms with E-state index in [1.54, 1.807) is 18.2 Å². The van der Waals surface area contributed by atoms with Gasteiger partial charge in [-0.1, -0.05) is 97.9 Å². The number of benzene rings is 3. The molecule has 29 heavy (non-hydrogen) atoms. The molecule has 3 aromatic rings. The number of carbonyl (C=O) groups is 1. The Hall–Kier alpha value is -3.17. The second-order valence-corrected chi connectivity index (χ2v) is 7.25. The van der Waals surface area contributed by atoms with Gasteiger partial charge in [0, 0.05) is 29.3 Å². The van der Waals surface area contributed by atoms with Gasteiger partial charge in [0.1, 0.15) is 0 Å². The SMILES string of the molecule is C[C@@H](N/C(=C/C(=O)c1ccccc1)[C@H](C)[C@H](O)c1ccccc1)c1ccccc1. The molecule has 0 amide bonds. The number of nitrogens with one attached hydrogen (secondary N) is 1. The second kappa shape index (κ2) is 9.85. The van der Waals surface area contributed by atoms with Crippen LogP contribution < -0.4 is 5.32 Å². The summed E-state index contributed by atoms with van der Waals surface area (Å²) in [5, 5.41) is 14.4. The first kappa shape index (κ1) is 20.6. The van der Waals surface area contributed by atoms with E-state index in [2.05, 4.69) is 12.2 Å². The molecule has 0 aromatic heterocycles. The molecule has 0 aliphatic rings. The second-order valence-electron chi connectivity index (χ2n) is 7.25. The molecule has 0 aliphatic heterocycles. The molecule has 0 bridgehead atoms. The van der Waals surface area contributed by atoms with E-state index in [1.165, 1.54) is 0 Å². The fraction of sp³-hybridized carbons (Fsp3) is 0.192. The summed E-state index contributed by atoms with van der Waals surface area (Å²) in [6, 6.07) is 28.8. The van der Waals surface area contributed by atoms with Crippen molar-refractivity contribution in [3.05, 3.63) is 119 Å². The molecule has 2 N–H and O–H groups in total. The summed E-state index contributed by atoms with van der Waals surface area (Å²) in [5.41, 5.74) is 3.28. The van der Waals surface area contributed by atoms with Gasteiger partial charge in [-0.3, -0.25) is 4.79 Å². The quantitative estimate of drug-likeness (QED) is 0.399. The molecule has 3 nitrogen and oxygen atoms in total. The van der Waals surface area contributed by atoms with Crippen molar-refractivity contribution in [3.63, 3.8) is 0 Å². The summed E-state index contributed by atoms with van der Waals surface area (Å²) in [6.45, 7) is 3.99. The van der Waals surface area contributed by atoms with Crippen LogP contribution in [0.4, 0.5) is 0 Å². The van der Waals surface area contributed by atoms with E-state index < -0.39 is 6.10 Å². The van der Waals surface area contributed by atoms with Gasteiger partial charge in [-0.25, -0.2) is 0 Å². The van der Waals surface area contributed by atoms with Crippen LogP contribution in [0.2, 0.25) is 0 Å². The molecule has 0 heterocycles. The van der Waals surface area contributed by atoms with Gasteiger partial charge < -0.3 is 10.4 Å². The first-order chi connectivity index (χ1) is 14.1. The number of carbonyl (C=O) groups excluding carboxylic acids is 1. The Morgan fingerprint density at radius 3 is 1.83 bits per heavy atom. The molecular weight excluding hydrogens is 358 g/mol. The smallest absolute Gasteiger partial charge is 0.187 e. The largest absolute Gasteiger partial charge is 0.388 e. The molecule has 3 atom stereocenters. The molecule has 0 fully saturated rings. The number of ketones is 1. The number of aliphatic hydroxyl groups is 1. The van der Waals surface area contributed by atoms with Crippen molar-refractivity contribution in [1.82, 2.24) is 5.32 Å². The molecule has 0 spiro atoms. The maximum Gasteiger partial charge on any atom is 0.187 e.